The van der Waals surface area contributed by atoms with E-state index in [2.05, 4.69) is 24.0 Å². The van der Waals surface area contributed by atoms with E-state index in [0.717, 1.165) is 43.8 Å². The molecule has 8 nitrogen and oxygen atoms in total. The summed E-state index contributed by atoms with van der Waals surface area (Å²) in [5, 5.41) is 23.5. The number of hydrogen-bond acceptors (Lipinski definition) is 6. The Labute approximate surface area is 157 Å². The molecule has 1 saturated heterocycles. The molecule has 27 heavy (non-hydrogen) atoms. The summed E-state index contributed by atoms with van der Waals surface area (Å²) >= 11 is 0. The van der Waals surface area contributed by atoms with Gasteiger partial charge in [0.1, 0.15) is 17.5 Å². The first-order chi connectivity index (χ1) is 12.9. The van der Waals surface area contributed by atoms with Crippen molar-refractivity contribution in [3.05, 3.63) is 29.8 Å². The molecule has 0 radical (unpaired) electrons. The van der Waals surface area contributed by atoms with Crippen LogP contribution in [0.1, 0.15) is 31.7 Å². The smallest absolute Gasteiger partial charge is 0.414 e. The van der Waals surface area contributed by atoms with E-state index in [1.807, 2.05) is 18.2 Å². The number of nitriles is 1. The monoisotopic (exact) mass is 376 g/mol. The molecule has 0 amide bonds. The van der Waals surface area contributed by atoms with Crippen molar-refractivity contribution in [1.29, 1.82) is 5.26 Å². The van der Waals surface area contributed by atoms with E-state index >= 15 is 0 Å². The molecule has 2 aliphatic rings. The zero-order chi connectivity index (χ0) is 19.9. The SMILES string of the molecule is CC1Oc2ccccc2COC12CCN(CCC#N)CC2.O=C(O)C(=O)O. The second-order valence-corrected chi connectivity index (χ2v) is 6.58. The topological polar surface area (TPSA) is 120 Å². The number of aliphatic carboxylic acids is 2. The van der Waals surface area contributed by atoms with Crippen LogP contribution >= 0.6 is 0 Å². The molecule has 1 aromatic carbocycles. The zero-order valence-corrected chi connectivity index (χ0v) is 15.3. The van der Waals surface area contributed by atoms with Gasteiger partial charge in [-0.1, -0.05) is 18.2 Å². The number of fused-ring (bicyclic) bond motifs is 1. The van der Waals surface area contributed by atoms with Crippen LogP contribution in [-0.2, 0) is 20.9 Å². The summed E-state index contributed by atoms with van der Waals surface area (Å²) in [7, 11) is 0. The molecule has 0 aliphatic carbocycles. The Kier molecular flexibility index (Phi) is 7.16. The lowest BCUT2D eigenvalue weighted by atomic mass is 9.86. The predicted octanol–water partition coefficient (Wildman–Crippen LogP) is 1.89. The molecule has 1 aromatic rings. The van der Waals surface area contributed by atoms with Crippen LogP contribution in [0.3, 0.4) is 0 Å². The highest BCUT2D eigenvalue weighted by Crippen LogP contribution is 2.37. The number of benzene rings is 1. The van der Waals surface area contributed by atoms with E-state index in [4.69, 9.17) is 34.5 Å². The average molecular weight is 376 g/mol. The molecule has 1 unspecified atom stereocenters. The molecule has 1 spiro atoms. The van der Waals surface area contributed by atoms with Crippen LogP contribution in [-0.4, -0.2) is 58.4 Å². The quantitative estimate of drug-likeness (QED) is 0.751. The third-order valence-corrected chi connectivity index (χ3v) is 4.96. The number of rotatable bonds is 2. The Balaban J connectivity index is 0.000000380. The maximum Gasteiger partial charge on any atom is 0.414 e. The summed E-state index contributed by atoms with van der Waals surface area (Å²) in [4.78, 5) is 20.5. The van der Waals surface area contributed by atoms with Gasteiger partial charge in [0.2, 0.25) is 0 Å². The Morgan fingerprint density at radius 3 is 2.48 bits per heavy atom. The van der Waals surface area contributed by atoms with Crippen LogP contribution in [0.5, 0.6) is 5.75 Å². The van der Waals surface area contributed by atoms with E-state index in [-0.39, 0.29) is 11.7 Å². The summed E-state index contributed by atoms with van der Waals surface area (Å²) < 4.78 is 12.5. The van der Waals surface area contributed by atoms with Gasteiger partial charge in [-0.2, -0.15) is 5.26 Å². The molecule has 1 fully saturated rings. The van der Waals surface area contributed by atoms with Crippen molar-refractivity contribution < 1.29 is 29.3 Å². The van der Waals surface area contributed by atoms with Crippen LogP contribution in [0.2, 0.25) is 0 Å². The Hall–Kier alpha value is -2.63. The Bertz CT molecular complexity index is 694. The fraction of sp³-hybridized carbons (Fsp3) is 0.526. The average Bonchev–Trinajstić information content (AvgIpc) is 2.79. The first-order valence-corrected chi connectivity index (χ1v) is 8.82. The number of para-hydroxylation sites is 1. The lowest BCUT2D eigenvalue weighted by Gasteiger charge is -2.43. The Morgan fingerprint density at radius 1 is 1.26 bits per heavy atom. The minimum atomic E-state index is -1.82. The lowest BCUT2D eigenvalue weighted by molar-refractivity contribution is -0.159. The maximum atomic E-state index is 9.10. The van der Waals surface area contributed by atoms with Gasteiger partial charge in [-0.15, -0.1) is 0 Å². The number of ether oxygens (including phenoxy) is 2. The van der Waals surface area contributed by atoms with Gasteiger partial charge in [0.15, 0.2) is 0 Å². The Morgan fingerprint density at radius 2 is 1.89 bits per heavy atom. The van der Waals surface area contributed by atoms with E-state index in [0.29, 0.717) is 13.0 Å². The van der Waals surface area contributed by atoms with E-state index in [9.17, 15) is 0 Å². The molecule has 0 bridgehead atoms. The van der Waals surface area contributed by atoms with Crippen molar-refractivity contribution >= 4 is 11.9 Å². The molecule has 2 N–H and O–H groups in total. The highest BCUT2D eigenvalue weighted by molar-refractivity contribution is 6.27. The number of carboxylic acid groups (broad SMARTS) is 2. The van der Waals surface area contributed by atoms with Crippen molar-refractivity contribution in [3.8, 4) is 11.8 Å². The van der Waals surface area contributed by atoms with Crippen molar-refractivity contribution in [1.82, 2.24) is 4.90 Å². The molecule has 2 heterocycles. The second kappa shape index (κ2) is 9.35. The second-order valence-electron chi connectivity index (χ2n) is 6.58. The van der Waals surface area contributed by atoms with Crippen LogP contribution in [0.25, 0.3) is 0 Å². The minimum Gasteiger partial charge on any atom is -0.487 e. The normalized spacial score (nSPS) is 20.8. The number of nitrogens with zero attached hydrogens (tertiary/aromatic N) is 2. The molecule has 1 atom stereocenters. The predicted molar refractivity (Wildman–Crippen MR) is 95.2 cm³/mol. The number of carboxylic acids is 2. The van der Waals surface area contributed by atoms with Gasteiger partial charge in [0.25, 0.3) is 0 Å². The van der Waals surface area contributed by atoms with Crippen LogP contribution in [0.4, 0.5) is 0 Å². The first-order valence-electron chi connectivity index (χ1n) is 8.82. The van der Waals surface area contributed by atoms with Crippen molar-refractivity contribution in [3.63, 3.8) is 0 Å². The maximum absolute atomic E-state index is 9.10. The van der Waals surface area contributed by atoms with Crippen LogP contribution < -0.4 is 4.74 Å². The fourth-order valence-electron chi connectivity index (χ4n) is 3.29. The molecule has 3 rings (SSSR count). The van der Waals surface area contributed by atoms with Gasteiger partial charge < -0.3 is 24.6 Å². The molecule has 146 valence electrons. The van der Waals surface area contributed by atoms with E-state index in [1.54, 1.807) is 0 Å². The number of hydrogen-bond donors (Lipinski definition) is 2. The zero-order valence-electron chi connectivity index (χ0n) is 15.3. The molecular formula is C19H24N2O6. The minimum absolute atomic E-state index is 0.0549. The van der Waals surface area contributed by atoms with Crippen LogP contribution in [0.15, 0.2) is 24.3 Å². The third-order valence-electron chi connectivity index (χ3n) is 4.96. The van der Waals surface area contributed by atoms with Crippen molar-refractivity contribution in [2.75, 3.05) is 19.6 Å². The number of carbonyl (C=O) groups is 2. The van der Waals surface area contributed by atoms with Gasteiger partial charge in [-0.3, -0.25) is 0 Å². The summed E-state index contributed by atoms with van der Waals surface area (Å²) in [5.41, 5.74) is 0.940. The highest BCUT2D eigenvalue weighted by atomic mass is 16.6. The summed E-state index contributed by atoms with van der Waals surface area (Å²) in [6.45, 7) is 5.56. The van der Waals surface area contributed by atoms with E-state index in [1.165, 1.54) is 0 Å². The highest BCUT2D eigenvalue weighted by Gasteiger charge is 2.43. The van der Waals surface area contributed by atoms with Crippen molar-refractivity contribution in [2.24, 2.45) is 0 Å². The molecular weight excluding hydrogens is 352 g/mol. The number of likely N-dealkylation sites (tertiary alicyclic amines) is 1. The fourth-order valence-corrected chi connectivity index (χ4v) is 3.29. The van der Waals surface area contributed by atoms with Gasteiger partial charge in [-0.05, 0) is 25.8 Å². The van der Waals surface area contributed by atoms with Gasteiger partial charge in [0, 0.05) is 31.6 Å². The molecule has 2 aliphatic heterocycles. The molecule has 8 heteroatoms. The largest absolute Gasteiger partial charge is 0.487 e. The van der Waals surface area contributed by atoms with Gasteiger partial charge >= 0.3 is 11.9 Å². The standard InChI is InChI=1S/C17H22N2O2.C2H2O4/c1-14-17(7-11-19(12-8-17)10-4-9-18)20-13-15-5-2-3-6-16(15)21-14;3-1(4)2(5)6/h2-3,5-6,14H,4,7-8,10-13H2,1H3;(H,3,4)(H,5,6). The van der Waals surface area contributed by atoms with Crippen molar-refractivity contribution in [2.45, 2.75) is 44.5 Å². The first kappa shape index (κ1) is 20.7. The summed E-state index contributed by atoms with van der Waals surface area (Å²) in [6.07, 6.45) is 2.59. The molecule has 0 aromatic heterocycles. The van der Waals surface area contributed by atoms with Gasteiger partial charge in [-0.25, -0.2) is 9.59 Å². The van der Waals surface area contributed by atoms with E-state index < -0.39 is 11.9 Å². The summed E-state index contributed by atoms with van der Waals surface area (Å²) in [6, 6.07) is 10.4. The lowest BCUT2D eigenvalue weighted by Crippen LogP contribution is -2.53. The number of piperidine rings is 1. The van der Waals surface area contributed by atoms with Gasteiger partial charge in [0.05, 0.1) is 12.7 Å². The summed E-state index contributed by atoms with van der Waals surface area (Å²) in [5.74, 6) is -2.70. The molecule has 0 saturated carbocycles. The van der Waals surface area contributed by atoms with Crippen LogP contribution in [0, 0.1) is 11.3 Å². The third kappa shape index (κ3) is 5.42.